The molecule has 1 fully saturated rings. The van der Waals surface area contributed by atoms with Crippen LogP contribution in [0.3, 0.4) is 0 Å². The topological polar surface area (TPSA) is 133 Å². The summed E-state index contributed by atoms with van der Waals surface area (Å²) in [5, 5.41) is 2.96. The van der Waals surface area contributed by atoms with Crippen LogP contribution in [0, 0.1) is 11.8 Å². The Hall–Kier alpha value is -3.11. The number of rotatable bonds is 7. The van der Waals surface area contributed by atoms with Gasteiger partial charge in [-0.15, -0.1) is 0 Å². The van der Waals surface area contributed by atoms with Crippen LogP contribution >= 0.6 is 11.6 Å². The SMILES string of the molecule is C[C@@H]1C[C@@H]1C(=O)NCC(=O)NNC(=O)c1cccc(S(=O)(=O)Nc2ccc(Cl)cc2)c1. The van der Waals surface area contributed by atoms with Crippen molar-refractivity contribution in [1.29, 1.82) is 0 Å². The van der Waals surface area contributed by atoms with E-state index in [2.05, 4.69) is 20.9 Å². The van der Waals surface area contributed by atoms with Crippen LogP contribution in [0.15, 0.2) is 53.4 Å². The van der Waals surface area contributed by atoms with Gasteiger partial charge in [0.05, 0.1) is 11.4 Å². The second-order valence-corrected chi connectivity index (χ2v) is 9.30. The molecule has 0 heterocycles. The van der Waals surface area contributed by atoms with Crippen molar-refractivity contribution in [2.24, 2.45) is 11.8 Å². The maximum atomic E-state index is 12.6. The number of hydrazine groups is 1. The van der Waals surface area contributed by atoms with Crippen molar-refractivity contribution >= 4 is 45.0 Å². The van der Waals surface area contributed by atoms with E-state index in [-0.39, 0.29) is 28.8 Å². The van der Waals surface area contributed by atoms with Crippen molar-refractivity contribution in [1.82, 2.24) is 16.2 Å². The van der Waals surface area contributed by atoms with E-state index in [1.54, 1.807) is 12.1 Å². The van der Waals surface area contributed by atoms with Gasteiger partial charge in [0.2, 0.25) is 5.91 Å². The molecule has 3 amide bonds. The zero-order valence-corrected chi connectivity index (χ0v) is 18.1. The van der Waals surface area contributed by atoms with E-state index in [1.807, 2.05) is 6.92 Å². The molecule has 9 nitrogen and oxygen atoms in total. The molecule has 11 heteroatoms. The second kappa shape index (κ2) is 9.36. The smallest absolute Gasteiger partial charge is 0.269 e. The highest BCUT2D eigenvalue weighted by molar-refractivity contribution is 7.92. The molecule has 4 N–H and O–H groups in total. The number of halogens is 1. The van der Waals surface area contributed by atoms with Crippen LogP contribution in [0.1, 0.15) is 23.7 Å². The molecule has 2 atom stereocenters. The minimum Gasteiger partial charge on any atom is -0.347 e. The van der Waals surface area contributed by atoms with Crippen LogP contribution in [0.25, 0.3) is 0 Å². The fraction of sp³-hybridized carbons (Fsp3) is 0.250. The van der Waals surface area contributed by atoms with Crippen molar-refractivity contribution in [2.75, 3.05) is 11.3 Å². The molecular weight excluding hydrogens is 444 g/mol. The van der Waals surface area contributed by atoms with Crippen LogP contribution in [-0.2, 0) is 19.6 Å². The third kappa shape index (κ3) is 6.19. The highest BCUT2D eigenvalue weighted by Crippen LogP contribution is 2.37. The van der Waals surface area contributed by atoms with Gasteiger partial charge in [-0.3, -0.25) is 30.0 Å². The summed E-state index contributed by atoms with van der Waals surface area (Å²) in [5.74, 6) is -1.25. The van der Waals surface area contributed by atoms with E-state index in [4.69, 9.17) is 11.6 Å². The standard InChI is InChI=1S/C20H21ClN4O5S/c1-12-9-17(12)20(28)22-11-18(26)23-24-19(27)13-3-2-4-16(10-13)31(29,30)25-15-7-5-14(21)6-8-15/h2-8,10,12,17,25H,9,11H2,1H3,(H,22,28)(H,23,26)(H,24,27)/t12-,17+/m1/s1. The Morgan fingerprint density at radius 1 is 1.06 bits per heavy atom. The molecule has 164 valence electrons. The van der Waals surface area contributed by atoms with Gasteiger partial charge in [0, 0.05) is 22.2 Å². The van der Waals surface area contributed by atoms with Crippen molar-refractivity contribution in [3.8, 4) is 0 Å². The summed E-state index contributed by atoms with van der Waals surface area (Å²) in [6, 6.07) is 11.4. The molecule has 2 aromatic rings. The summed E-state index contributed by atoms with van der Waals surface area (Å²) in [6.07, 6.45) is 0.802. The first kappa shape index (κ1) is 22.6. The molecule has 0 saturated heterocycles. The third-order valence-electron chi connectivity index (χ3n) is 4.69. The van der Waals surface area contributed by atoms with Crippen molar-refractivity contribution < 1.29 is 22.8 Å². The highest BCUT2D eigenvalue weighted by atomic mass is 35.5. The van der Waals surface area contributed by atoms with E-state index < -0.39 is 21.8 Å². The molecule has 0 aliphatic heterocycles. The number of anilines is 1. The number of nitrogens with one attached hydrogen (secondary N) is 4. The van der Waals surface area contributed by atoms with Gasteiger partial charge in [-0.05, 0) is 54.8 Å². The van der Waals surface area contributed by atoms with Crippen molar-refractivity contribution in [3.63, 3.8) is 0 Å². The minimum atomic E-state index is -3.95. The van der Waals surface area contributed by atoms with Gasteiger partial charge in [0.15, 0.2) is 0 Å². The first-order valence-corrected chi connectivity index (χ1v) is 11.3. The number of hydrogen-bond acceptors (Lipinski definition) is 5. The molecule has 1 aliphatic rings. The Kier molecular flexibility index (Phi) is 6.81. The van der Waals surface area contributed by atoms with Gasteiger partial charge in [0.1, 0.15) is 0 Å². The lowest BCUT2D eigenvalue weighted by molar-refractivity contribution is -0.127. The Labute approximate surface area is 184 Å². The third-order valence-corrected chi connectivity index (χ3v) is 6.32. The highest BCUT2D eigenvalue weighted by Gasteiger charge is 2.38. The van der Waals surface area contributed by atoms with E-state index in [0.29, 0.717) is 16.6 Å². The lowest BCUT2D eigenvalue weighted by Crippen LogP contribution is -2.46. The quantitative estimate of drug-likeness (QED) is 0.462. The summed E-state index contributed by atoms with van der Waals surface area (Å²) < 4.78 is 27.5. The van der Waals surface area contributed by atoms with Crippen LogP contribution < -0.4 is 20.9 Å². The van der Waals surface area contributed by atoms with E-state index >= 15 is 0 Å². The lowest BCUT2D eigenvalue weighted by atomic mass is 10.2. The molecule has 1 aliphatic carbocycles. The number of carbonyl (C=O) groups is 3. The molecule has 1 saturated carbocycles. The zero-order chi connectivity index (χ0) is 22.6. The molecule has 3 rings (SSSR count). The van der Waals surface area contributed by atoms with Crippen molar-refractivity contribution in [3.05, 3.63) is 59.1 Å². The average Bonchev–Trinajstić information content (AvgIpc) is 3.48. The van der Waals surface area contributed by atoms with Crippen LogP contribution in [0.2, 0.25) is 5.02 Å². The van der Waals surface area contributed by atoms with Crippen LogP contribution in [0.4, 0.5) is 5.69 Å². The molecule has 0 bridgehead atoms. The molecule has 31 heavy (non-hydrogen) atoms. The fourth-order valence-electron chi connectivity index (χ4n) is 2.77. The number of carbonyl (C=O) groups excluding carboxylic acids is 3. The summed E-state index contributed by atoms with van der Waals surface area (Å²) in [7, 11) is -3.95. The second-order valence-electron chi connectivity index (χ2n) is 7.18. The predicted octanol–water partition coefficient (Wildman–Crippen LogP) is 1.67. The maximum absolute atomic E-state index is 12.6. The average molecular weight is 465 g/mol. The van der Waals surface area contributed by atoms with Crippen LogP contribution in [0.5, 0.6) is 0 Å². The molecule has 0 radical (unpaired) electrons. The summed E-state index contributed by atoms with van der Waals surface area (Å²) in [4.78, 5) is 35.7. The minimum absolute atomic E-state index is 0.0233. The van der Waals surface area contributed by atoms with Gasteiger partial charge < -0.3 is 5.32 Å². The first-order chi connectivity index (χ1) is 14.7. The largest absolute Gasteiger partial charge is 0.347 e. The number of benzene rings is 2. The summed E-state index contributed by atoms with van der Waals surface area (Å²) >= 11 is 5.79. The van der Waals surface area contributed by atoms with Gasteiger partial charge in [0.25, 0.3) is 21.8 Å². The van der Waals surface area contributed by atoms with E-state index in [9.17, 15) is 22.8 Å². The van der Waals surface area contributed by atoms with Gasteiger partial charge >= 0.3 is 0 Å². The Morgan fingerprint density at radius 2 is 1.74 bits per heavy atom. The number of sulfonamides is 1. The Bertz CT molecular complexity index is 1100. The molecular formula is C20H21ClN4O5S. The fourth-order valence-corrected chi connectivity index (χ4v) is 4.00. The molecule has 0 spiro atoms. The molecule has 2 aromatic carbocycles. The normalized spacial score (nSPS) is 17.4. The predicted molar refractivity (Wildman–Crippen MR) is 115 cm³/mol. The van der Waals surface area contributed by atoms with E-state index in [0.717, 1.165) is 6.42 Å². The Balaban J connectivity index is 1.56. The number of amides is 3. The monoisotopic (exact) mass is 464 g/mol. The van der Waals surface area contributed by atoms with Gasteiger partial charge in [-0.25, -0.2) is 8.42 Å². The van der Waals surface area contributed by atoms with Gasteiger partial charge in [-0.2, -0.15) is 0 Å². The van der Waals surface area contributed by atoms with Gasteiger partial charge in [-0.1, -0.05) is 24.6 Å². The summed E-state index contributed by atoms with van der Waals surface area (Å²) in [5.41, 5.74) is 4.71. The van der Waals surface area contributed by atoms with Crippen LogP contribution in [-0.4, -0.2) is 32.7 Å². The summed E-state index contributed by atoms with van der Waals surface area (Å²) in [6.45, 7) is 1.67. The number of hydrogen-bond donors (Lipinski definition) is 4. The van der Waals surface area contributed by atoms with E-state index in [1.165, 1.54) is 36.4 Å². The Morgan fingerprint density at radius 3 is 2.39 bits per heavy atom. The lowest BCUT2D eigenvalue weighted by Gasteiger charge is -2.11. The first-order valence-electron chi connectivity index (χ1n) is 9.41. The maximum Gasteiger partial charge on any atom is 0.269 e. The molecule has 0 unspecified atom stereocenters. The molecule has 0 aromatic heterocycles. The van der Waals surface area contributed by atoms with Crippen molar-refractivity contribution in [2.45, 2.75) is 18.2 Å². The zero-order valence-electron chi connectivity index (χ0n) is 16.5.